The zero-order chi connectivity index (χ0) is 72.3. The number of aliphatic hydroxyl groups excluding tert-OH is 1. The first-order valence-corrected chi connectivity index (χ1v) is 43.9. The molecule has 0 amide bonds. The summed E-state index contributed by atoms with van der Waals surface area (Å²) < 4.78 is 68.6. The minimum absolute atomic E-state index is 0.104. The SMILES string of the molecule is CCCCCCCCCCCCCCCCCCCCCCCCC(=O)O[C@H](COC(=O)CCCCCCCCCCCCCCC(C)C)COP(=O)(O)OC[C@@H](O)COP(=O)(O)OC[C@@H](COC(=O)CCCCCCCCC(C)CC)OC(=O)CCCCCCCCCCC(C)C. The molecule has 0 aromatic carbocycles. The third-order valence-electron chi connectivity index (χ3n) is 18.7. The summed E-state index contributed by atoms with van der Waals surface area (Å²) in [5.74, 6) is 0.112. The average Bonchev–Trinajstić information content (AvgIpc) is 0.993. The standard InChI is InChI=1S/C79H154O17P2/c1-8-10-11-12-13-14-15-16-17-18-19-20-21-22-23-24-25-30-33-39-48-55-62-78(83)95-74(66-89-76(81)60-53-46-38-32-29-27-26-28-31-36-43-50-57-70(3)4)68-93-97(85,86)91-64-73(80)65-92-98(87,88)94-69-75(67-90-77(82)61-54-47-42-41-45-52-59-72(7)9-2)96-79(84)63-56-49-40-35-34-37-44-51-58-71(5)6/h70-75,80H,8-69H2,1-7H3,(H,85,86)(H,87,88)/t72?,73-,74-,75-/m1/s1. The summed E-state index contributed by atoms with van der Waals surface area (Å²) in [6, 6.07) is 0. The van der Waals surface area contributed by atoms with E-state index in [0.717, 1.165) is 114 Å². The van der Waals surface area contributed by atoms with Crippen molar-refractivity contribution in [3.63, 3.8) is 0 Å². The number of phosphoric acid groups is 2. The molecular formula is C79H154O17P2. The molecule has 0 fully saturated rings. The van der Waals surface area contributed by atoms with Crippen LogP contribution in [-0.2, 0) is 65.4 Å². The summed E-state index contributed by atoms with van der Waals surface area (Å²) in [6.07, 6.45) is 57.2. The highest BCUT2D eigenvalue weighted by Gasteiger charge is 2.30. The molecule has 0 spiro atoms. The van der Waals surface area contributed by atoms with Crippen LogP contribution in [0.15, 0.2) is 0 Å². The maximum absolute atomic E-state index is 13.1. The van der Waals surface area contributed by atoms with Gasteiger partial charge in [0.05, 0.1) is 26.4 Å². The molecule has 0 aromatic rings. The minimum Gasteiger partial charge on any atom is -0.462 e. The Bertz CT molecular complexity index is 1910. The van der Waals surface area contributed by atoms with E-state index in [1.54, 1.807) is 0 Å². The van der Waals surface area contributed by atoms with E-state index in [4.69, 9.17) is 37.0 Å². The first-order valence-electron chi connectivity index (χ1n) is 40.9. The zero-order valence-corrected chi connectivity index (χ0v) is 66.0. The first kappa shape index (κ1) is 96.1. The van der Waals surface area contributed by atoms with Crippen molar-refractivity contribution in [1.82, 2.24) is 0 Å². The highest BCUT2D eigenvalue weighted by atomic mass is 31.2. The Labute approximate surface area is 600 Å². The van der Waals surface area contributed by atoms with Gasteiger partial charge in [-0.15, -0.1) is 0 Å². The Morgan fingerprint density at radius 2 is 0.520 bits per heavy atom. The van der Waals surface area contributed by atoms with Crippen LogP contribution in [0.25, 0.3) is 0 Å². The molecule has 0 rings (SSSR count). The van der Waals surface area contributed by atoms with Gasteiger partial charge in [-0.1, -0.05) is 357 Å². The molecule has 0 aliphatic rings. The molecule has 6 atom stereocenters. The Morgan fingerprint density at radius 1 is 0.296 bits per heavy atom. The van der Waals surface area contributed by atoms with Crippen molar-refractivity contribution in [2.24, 2.45) is 17.8 Å². The molecule has 98 heavy (non-hydrogen) atoms. The van der Waals surface area contributed by atoms with Gasteiger partial charge in [0.2, 0.25) is 0 Å². The lowest BCUT2D eigenvalue weighted by molar-refractivity contribution is -0.161. The van der Waals surface area contributed by atoms with E-state index in [-0.39, 0.29) is 25.7 Å². The summed E-state index contributed by atoms with van der Waals surface area (Å²) in [5.41, 5.74) is 0. The molecular weight excluding hydrogens is 1280 g/mol. The Hall–Kier alpha value is -1.94. The van der Waals surface area contributed by atoms with Crippen molar-refractivity contribution in [3.8, 4) is 0 Å². The van der Waals surface area contributed by atoms with E-state index in [1.807, 2.05) is 0 Å². The summed E-state index contributed by atoms with van der Waals surface area (Å²) in [5, 5.41) is 10.6. The van der Waals surface area contributed by atoms with Gasteiger partial charge >= 0.3 is 39.5 Å². The number of hydrogen-bond donors (Lipinski definition) is 3. The van der Waals surface area contributed by atoms with Gasteiger partial charge in [0.25, 0.3) is 0 Å². The lowest BCUT2D eigenvalue weighted by Crippen LogP contribution is -2.30. The summed E-state index contributed by atoms with van der Waals surface area (Å²) in [6.45, 7) is 11.8. The fourth-order valence-corrected chi connectivity index (χ4v) is 13.7. The van der Waals surface area contributed by atoms with E-state index in [9.17, 15) is 43.2 Å². The second kappa shape index (κ2) is 69.4. The third kappa shape index (κ3) is 71.1. The van der Waals surface area contributed by atoms with Crippen LogP contribution in [0.1, 0.15) is 408 Å². The predicted octanol–water partition coefficient (Wildman–Crippen LogP) is 23.4. The Kier molecular flexibility index (Phi) is 68.1. The highest BCUT2D eigenvalue weighted by Crippen LogP contribution is 2.45. The van der Waals surface area contributed by atoms with Crippen LogP contribution in [0.4, 0.5) is 0 Å². The molecule has 0 aliphatic carbocycles. The fraction of sp³-hybridized carbons (Fsp3) is 0.949. The van der Waals surface area contributed by atoms with Crippen LogP contribution >= 0.6 is 15.6 Å². The number of phosphoric ester groups is 2. The summed E-state index contributed by atoms with van der Waals surface area (Å²) in [4.78, 5) is 72.9. The quantitative estimate of drug-likeness (QED) is 0.0222. The van der Waals surface area contributed by atoms with Crippen molar-refractivity contribution in [2.75, 3.05) is 39.6 Å². The van der Waals surface area contributed by atoms with E-state index < -0.39 is 97.5 Å². The number of unbranched alkanes of at least 4 members (excludes halogenated alkanes) is 44. The van der Waals surface area contributed by atoms with Gasteiger partial charge in [-0.25, -0.2) is 9.13 Å². The normalized spacial score (nSPS) is 14.3. The molecule has 0 heterocycles. The highest BCUT2D eigenvalue weighted by molar-refractivity contribution is 7.47. The number of ether oxygens (including phenoxy) is 4. The van der Waals surface area contributed by atoms with Gasteiger partial charge in [0, 0.05) is 25.7 Å². The smallest absolute Gasteiger partial charge is 0.462 e. The van der Waals surface area contributed by atoms with Crippen LogP contribution in [0.2, 0.25) is 0 Å². The number of esters is 4. The van der Waals surface area contributed by atoms with Gasteiger partial charge < -0.3 is 33.8 Å². The van der Waals surface area contributed by atoms with Crippen molar-refractivity contribution in [2.45, 2.75) is 426 Å². The first-order chi connectivity index (χ1) is 47.3. The molecule has 0 aromatic heterocycles. The van der Waals surface area contributed by atoms with Crippen molar-refractivity contribution >= 4 is 39.5 Å². The molecule has 582 valence electrons. The lowest BCUT2D eigenvalue weighted by Gasteiger charge is -2.21. The van der Waals surface area contributed by atoms with Gasteiger partial charge in [-0.2, -0.15) is 0 Å². The molecule has 0 aliphatic heterocycles. The Balaban J connectivity index is 5.20. The third-order valence-corrected chi connectivity index (χ3v) is 20.6. The van der Waals surface area contributed by atoms with Gasteiger partial charge in [-0.3, -0.25) is 37.3 Å². The maximum atomic E-state index is 13.1. The largest absolute Gasteiger partial charge is 0.472 e. The fourth-order valence-electron chi connectivity index (χ4n) is 12.1. The number of rotatable bonds is 77. The van der Waals surface area contributed by atoms with E-state index in [0.29, 0.717) is 25.7 Å². The number of carbonyl (C=O) groups excluding carboxylic acids is 4. The molecule has 0 bridgehead atoms. The van der Waals surface area contributed by atoms with Gasteiger partial charge in [0.15, 0.2) is 12.2 Å². The molecule has 3 unspecified atom stereocenters. The number of aliphatic hydroxyl groups is 1. The lowest BCUT2D eigenvalue weighted by atomic mass is 10.00. The number of carbonyl (C=O) groups is 4. The molecule has 0 saturated carbocycles. The van der Waals surface area contributed by atoms with Crippen molar-refractivity contribution in [3.05, 3.63) is 0 Å². The molecule has 17 nitrogen and oxygen atoms in total. The summed E-state index contributed by atoms with van der Waals surface area (Å²) in [7, 11) is -9.92. The molecule has 3 N–H and O–H groups in total. The molecule has 0 saturated heterocycles. The van der Waals surface area contributed by atoms with Crippen molar-refractivity contribution < 1.29 is 80.2 Å². The van der Waals surface area contributed by atoms with E-state index in [2.05, 4.69) is 48.5 Å². The molecule has 19 heteroatoms. The van der Waals surface area contributed by atoms with Crippen LogP contribution in [0.3, 0.4) is 0 Å². The summed E-state index contributed by atoms with van der Waals surface area (Å²) >= 11 is 0. The second-order valence-corrected chi connectivity index (χ2v) is 32.6. The van der Waals surface area contributed by atoms with E-state index >= 15 is 0 Å². The minimum atomic E-state index is -4.96. The van der Waals surface area contributed by atoms with Crippen LogP contribution in [0.5, 0.6) is 0 Å². The van der Waals surface area contributed by atoms with E-state index in [1.165, 1.54) is 212 Å². The van der Waals surface area contributed by atoms with Gasteiger partial charge in [0.1, 0.15) is 19.3 Å². The topological polar surface area (TPSA) is 237 Å². The van der Waals surface area contributed by atoms with Crippen LogP contribution < -0.4 is 0 Å². The zero-order valence-electron chi connectivity index (χ0n) is 64.3. The Morgan fingerprint density at radius 3 is 0.776 bits per heavy atom. The second-order valence-electron chi connectivity index (χ2n) is 29.6. The maximum Gasteiger partial charge on any atom is 0.472 e. The predicted molar refractivity (Wildman–Crippen MR) is 400 cm³/mol. The monoisotopic (exact) mass is 1440 g/mol. The van der Waals surface area contributed by atoms with Crippen molar-refractivity contribution in [1.29, 1.82) is 0 Å². The van der Waals surface area contributed by atoms with Crippen LogP contribution in [-0.4, -0.2) is 96.7 Å². The number of hydrogen-bond acceptors (Lipinski definition) is 15. The van der Waals surface area contributed by atoms with Gasteiger partial charge in [-0.05, 0) is 43.4 Å². The van der Waals surface area contributed by atoms with Crippen LogP contribution in [0, 0.1) is 17.8 Å². The molecule has 0 radical (unpaired) electrons. The average molecular weight is 1440 g/mol.